The number of hydrogen-bond acceptors (Lipinski definition) is 5. The van der Waals surface area contributed by atoms with Gasteiger partial charge < -0.3 is 20.1 Å². The highest BCUT2D eigenvalue weighted by atomic mass is 79.9. The van der Waals surface area contributed by atoms with Gasteiger partial charge in [-0.3, -0.25) is 9.79 Å². The van der Waals surface area contributed by atoms with E-state index in [0.717, 1.165) is 21.3 Å². The van der Waals surface area contributed by atoms with Crippen molar-refractivity contribution in [3.05, 3.63) is 40.5 Å². The SMILES string of the molecule is C.COC(=O)N[C@H](C(=O)N[C@@H](C)C1=NC=C(c2ccc(Br)cc2)C1)[C@@H](C)OC. The molecule has 2 rings (SSSR count). The summed E-state index contributed by atoms with van der Waals surface area (Å²) in [5.74, 6) is -0.359. The normalized spacial score (nSPS) is 16.0. The molecule has 0 radical (unpaired) electrons. The molecule has 0 bridgehead atoms. The molecule has 1 aromatic carbocycles. The summed E-state index contributed by atoms with van der Waals surface area (Å²) < 4.78 is 10.8. The van der Waals surface area contributed by atoms with E-state index in [-0.39, 0.29) is 19.4 Å². The Kier molecular flexibility index (Phi) is 9.34. The van der Waals surface area contributed by atoms with Crippen molar-refractivity contribution in [1.29, 1.82) is 0 Å². The Morgan fingerprint density at radius 1 is 1.14 bits per heavy atom. The number of methoxy groups -OCH3 is 2. The Morgan fingerprint density at radius 3 is 2.36 bits per heavy atom. The van der Waals surface area contributed by atoms with Crippen molar-refractivity contribution in [1.82, 2.24) is 10.6 Å². The van der Waals surface area contributed by atoms with Gasteiger partial charge in [0.1, 0.15) is 6.04 Å². The largest absolute Gasteiger partial charge is 0.453 e. The molecule has 1 aromatic rings. The van der Waals surface area contributed by atoms with Crippen LogP contribution < -0.4 is 10.6 Å². The van der Waals surface area contributed by atoms with Gasteiger partial charge in [0, 0.05) is 29.9 Å². The molecule has 1 aliphatic rings. The van der Waals surface area contributed by atoms with Crippen LogP contribution in [-0.4, -0.2) is 50.1 Å². The summed E-state index contributed by atoms with van der Waals surface area (Å²) in [4.78, 5) is 28.6. The molecule has 8 heteroatoms. The van der Waals surface area contributed by atoms with Crippen LogP contribution in [0.25, 0.3) is 5.57 Å². The Balaban J connectivity index is 0.00000392. The van der Waals surface area contributed by atoms with Crippen molar-refractivity contribution in [3.63, 3.8) is 0 Å². The Labute approximate surface area is 174 Å². The summed E-state index contributed by atoms with van der Waals surface area (Å²) >= 11 is 3.42. The average molecular weight is 454 g/mol. The second-order valence-electron chi connectivity index (χ2n) is 6.24. The number of benzene rings is 1. The van der Waals surface area contributed by atoms with Crippen molar-refractivity contribution in [2.24, 2.45) is 4.99 Å². The van der Waals surface area contributed by atoms with Gasteiger partial charge in [-0.25, -0.2) is 4.79 Å². The van der Waals surface area contributed by atoms with Crippen LogP contribution in [0, 0.1) is 0 Å². The van der Waals surface area contributed by atoms with Gasteiger partial charge in [-0.05, 0) is 37.1 Å². The zero-order chi connectivity index (χ0) is 20.0. The third-order valence-electron chi connectivity index (χ3n) is 4.41. The van der Waals surface area contributed by atoms with Crippen LogP contribution in [-0.2, 0) is 14.3 Å². The maximum Gasteiger partial charge on any atom is 0.407 e. The zero-order valence-corrected chi connectivity index (χ0v) is 17.4. The number of aliphatic imine (C=N–C) groups is 1. The molecular weight excluding hydrogens is 426 g/mol. The van der Waals surface area contributed by atoms with E-state index in [2.05, 4.69) is 36.3 Å². The Morgan fingerprint density at radius 2 is 1.79 bits per heavy atom. The Bertz CT molecular complexity index is 746. The van der Waals surface area contributed by atoms with E-state index in [1.165, 1.54) is 14.2 Å². The predicted octanol–water partition coefficient (Wildman–Crippen LogP) is 3.54. The van der Waals surface area contributed by atoms with Gasteiger partial charge >= 0.3 is 6.09 Å². The first-order chi connectivity index (χ1) is 12.8. The molecular formula is C20H28BrN3O4. The molecule has 0 spiro atoms. The van der Waals surface area contributed by atoms with Crippen LogP contribution in [0.4, 0.5) is 4.79 Å². The van der Waals surface area contributed by atoms with Crippen molar-refractivity contribution in [3.8, 4) is 0 Å². The summed E-state index contributed by atoms with van der Waals surface area (Å²) in [5, 5.41) is 5.38. The van der Waals surface area contributed by atoms with Crippen molar-refractivity contribution in [2.75, 3.05) is 14.2 Å². The third-order valence-corrected chi connectivity index (χ3v) is 4.94. The number of nitrogens with zero attached hydrogens (tertiary/aromatic N) is 1. The van der Waals surface area contributed by atoms with E-state index in [1.54, 1.807) is 6.92 Å². The van der Waals surface area contributed by atoms with Gasteiger partial charge in [-0.1, -0.05) is 35.5 Å². The first kappa shape index (κ1) is 23.8. The van der Waals surface area contributed by atoms with Gasteiger partial charge in [-0.2, -0.15) is 0 Å². The number of hydrogen-bond donors (Lipinski definition) is 2. The van der Waals surface area contributed by atoms with Gasteiger partial charge in [0.05, 0.1) is 19.3 Å². The molecule has 2 amide bonds. The quantitative estimate of drug-likeness (QED) is 0.660. The van der Waals surface area contributed by atoms with Crippen LogP contribution in [0.2, 0.25) is 0 Å². The van der Waals surface area contributed by atoms with E-state index in [0.29, 0.717) is 6.42 Å². The molecule has 0 aliphatic carbocycles. The van der Waals surface area contributed by atoms with Gasteiger partial charge in [0.2, 0.25) is 5.91 Å². The van der Waals surface area contributed by atoms with Crippen LogP contribution in [0.3, 0.4) is 0 Å². The van der Waals surface area contributed by atoms with Crippen molar-refractivity contribution in [2.45, 2.75) is 45.9 Å². The highest BCUT2D eigenvalue weighted by Crippen LogP contribution is 2.26. The fourth-order valence-electron chi connectivity index (χ4n) is 2.66. The predicted molar refractivity (Wildman–Crippen MR) is 114 cm³/mol. The third kappa shape index (κ3) is 6.17. The number of halogens is 1. The highest BCUT2D eigenvalue weighted by molar-refractivity contribution is 9.10. The lowest BCUT2D eigenvalue weighted by Crippen LogP contribution is -2.55. The number of carbonyl (C=O) groups is 2. The molecule has 0 saturated heterocycles. The fourth-order valence-corrected chi connectivity index (χ4v) is 2.92. The maximum absolute atomic E-state index is 12.6. The van der Waals surface area contributed by atoms with Gasteiger partial charge in [0.15, 0.2) is 0 Å². The summed E-state index contributed by atoms with van der Waals surface area (Å²) in [6, 6.07) is 6.85. The number of carbonyl (C=O) groups excluding carboxylic acids is 2. The minimum atomic E-state index is -0.870. The minimum Gasteiger partial charge on any atom is -0.453 e. The summed E-state index contributed by atoms with van der Waals surface area (Å²) in [5.41, 5.74) is 3.03. The van der Waals surface area contributed by atoms with Crippen LogP contribution in [0.15, 0.2) is 39.9 Å². The van der Waals surface area contributed by atoms with Crippen LogP contribution in [0.5, 0.6) is 0 Å². The summed E-state index contributed by atoms with van der Waals surface area (Å²) in [6.45, 7) is 3.56. The lowest BCUT2D eigenvalue weighted by atomic mass is 10.00. The van der Waals surface area contributed by atoms with Gasteiger partial charge in [0.25, 0.3) is 0 Å². The van der Waals surface area contributed by atoms with E-state index >= 15 is 0 Å². The Hall–Kier alpha value is -2.19. The molecule has 28 heavy (non-hydrogen) atoms. The molecule has 1 aliphatic heterocycles. The smallest absolute Gasteiger partial charge is 0.407 e. The lowest BCUT2D eigenvalue weighted by Gasteiger charge is -2.24. The number of amides is 2. The van der Waals surface area contributed by atoms with E-state index in [9.17, 15) is 9.59 Å². The van der Waals surface area contributed by atoms with Crippen molar-refractivity contribution < 1.29 is 19.1 Å². The monoisotopic (exact) mass is 453 g/mol. The number of allylic oxidation sites excluding steroid dienone is 1. The topological polar surface area (TPSA) is 89.0 Å². The second-order valence-corrected chi connectivity index (χ2v) is 7.16. The van der Waals surface area contributed by atoms with E-state index < -0.39 is 18.2 Å². The number of ether oxygens (including phenoxy) is 2. The van der Waals surface area contributed by atoms with Crippen LogP contribution >= 0.6 is 15.9 Å². The molecule has 0 saturated carbocycles. The number of nitrogens with one attached hydrogen (secondary N) is 2. The fraction of sp³-hybridized carbons (Fsp3) is 0.450. The zero-order valence-electron chi connectivity index (χ0n) is 15.8. The van der Waals surface area contributed by atoms with E-state index in [4.69, 9.17) is 4.74 Å². The second kappa shape index (κ2) is 11.0. The van der Waals surface area contributed by atoms with Crippen LogP contribution in [0.1, 0.15) is 33.3 Å². The average Bonchev–Trinajstić information content (AvgIpc) is 3.16. The molecule has 1 heterocycles. The molecule has 3 atom stereocenters. The lowest BCUT2D eigenvalue weighted by molar-refractivity contribution is -0.126. The van der Waals surface area contributed by atoms with Crippen molar-refractivity contribution >= 4 is 39.2 Å². The summed E-state index contributed by atoms with van der Waals surface area (Å²) in [7, 11) is 2.72. The maximum atomic E-state index is 12.6. The minimum absolute atomic E-state index is 0. The van der Waals surface area contributed by atoms with Gasteiger partial charge in [-0.15, -0.1) is 0 Å². The first-order valence-corrected chi connectivity index (χ1v) is 9.34. The molecule has 0 aromatic heterocycles. The number of rotatable bonds is 7. The van der Waals surface area contributed by atoms with E-state index in [1.807, 2.05) is 37.4 Å². The highest BCUT2D eigenvalue weighted by Gasteiger charge is 2.29. The standard InChI is InChI=1S/C19H24BrN3O4.CH4/c1-11(22-18(24)17(12(2)26-3)23-19(25)27-4)16-9-14(10-21-16)13-5-7-15(20)8-6-13;/h5-8,10-12,17H,9H2,1-4H3,(H,22,24)(H,23,25);1H4/t11-,12+,17-;/m0./s1. The summed E-state index contributed by atoms with van der Waals surface area (Å²) in [6.07, 6.45) is 1.27. The molecule has 0 fully saturated rings. The first-order valence-electron chi connectivity index (χ1n) is 8.55. The molecule has 0 unspecified atom stereocenters. The number of alkyl carbamates (subject to hydrolysis) is 1. The molecule has 154 valence electrons. The molecule has 7 nitrogen and oxygen atoms in total. The molecule has 2 N–H and O–H groups in total.